The van der Waals surface area contributed by atoms with Gasteiger partial charge in [-0.15, -0.1) is 0 Å². The zero-order valence-electron chi connectivity index (χ0n) is 61.3. The van der Waals surface area contributed by atoms with Gasteiger partial charge in [0.2, 0.25) is 47.3 Å². The second kappa shape index (κ2) is 41.0. The molecular formula is C72H97N15O19. The summed E-state index contributed by atoms with van der Waals surface area (Å²) in [5.41, 5.74) is 9.44. The first-order valence-corrected chi connectivity index (χ1v) is 34.6. The van der Waals surface area contributed by atoms with Crippen molar-refractivity contribution < 1.29 is 86.6 Å². The summed E-state index contributed by atoms with van der Waals surface area (Å²) in [5, 5.41) is 51.6. The van der Waals surface area contributed by atoms with Crippen LogP contribution < -0.4 is 58.5 Å². The summed E-state index contributed by atoms with van der Waals surface area (Å²) in [4.78, 5) is 186. The first-order valence-electron chi connectivity index (χ1n) is 34.6. The molecule has 106 heavy (non-hydrogen) atoms. The van der Waals surface area contributed by atoms with Crippen LogP contribution in [-0.4, -0.2) is 193 Å². The molecule has 11 amide bonds. The fourth-order valence-corrected chi connectivity index (χ4v) is 10.9. The number of amides is 11. The monoisotopic (exact) mass is 1480 g/mol. The molecule has 34 heteroatoms. The smallest absolute Gasteiger partial charge is 0.410 e. The Morgan fingerprint density at radius 1 is 0.604 bits per heavy atom. The number of alkyl carbamates (subject to hydrolysis) is 1. The Labute approximate surface area is 613 Å². The molecule has 1 aliphatic carbocycles. The van der Waals surface area contributed by atoms with Crippen molar-refractivity contribution >= 4 is 100 Å². The summed E-state index contributed by atoms with van der Waals surface area (Å²) >= 11 is 0. The highest BCUT2D eigenvalue weighted by molar-refractivity contribution is 5.97. The second-order valence-corrected chi connectivity index (χ2v) is 27.1. The molecule has 0 heterocycles. The molecule has 12 N–H and O–H groups in total. The number of rotatable bonds is 40. The molecule has 4 aromatic carbocycles. The number of nitrogens with two attached hydrogens (primary N) is 1. The molecule has 34 nitrogen and oxygen atoms in total. The third-order valence-corrected chi connectivity index (χ3v) is 16.4. The van der Waals surface area contributed by atoms with E-state index in [0.29, 0.717) is 17.9 Å². The van der Waals surface area contributed by atoms with Gasteiger partial charge in [-0.05, 0) is 130 Å². The maximum Gasteiger partial charge on any atom is 0.410 e. The van der Waals surface area contributed by atoms with E-state index >= 15 is 0 Å². The van der Waals surface area contributed by atoms with Gasteiger partial charge in [0, 0.05) is 56.3 Å². The summed E-state index contributed by atoms with van der Waals surface area (Å²) in [6, 6.07) is 19.6. The number of carboxylic acid groups (broad SMARTS) is 1. The maximum atomic E-state index is 14.5. The summed E-state index contributed by atoms with van der Waals surface area (Å²) < 4.78 is 16.5. The van der Waals surface area contributed by atoms with Crippen LogP contribution in [0, 0.1) is 27.9 Å². The number of azo groups is 1. The molecule has 5 rings (SSSR count). The number of nitro benzene ring substituents is 1. The lowest BCUT2D eigenvalue weighted by Gasteiger charge is -2.30. The molecule has 0 aromatic heterocycles. The Morgan fingerprint density at radius 3 is 1.70 bits per heavy atom. The topological polar surface area (TPSA) is 478 Å². The number of likely N-dealkylation sites (N-methyl/N-ethyl adjacent to an activating group) is 1. The Bertz CT molecular complexity index is 3760. The van der Waals surface area contributed by atoms with Crippen LogP contribution in [0.1, 0.15) is 119 Å². The van der Waals surface area contributed by atoms with Gasteiger partial charge in [-0.3, -0.25) is 63.0 Å². The normalized spacial score (nSPS) is 13.4. The summed E-state index contributed by atoms with van der Waals surface area (Å²) in [7, 11) is 0. The first-order chi connectivity index (χ1) is 50.0. The van der Waals surface area contributed by atoms with E-state index in [0.717, 1.165) is 27.9 Å². The Kier molecular flexibility index (Phi) is 32.9. The quantitative estimate of drug-likeness (QED) is 0.00965. The highest BCUT2D eigenvalue weighted by Gasteiger charge is 2.36. The van der Waals surface area contributed by atoms with Crippen molar-refractivity contribution in [1.82, 2.24) is 52.8 Å². The summed E-state index contributed by atoms with van der Waals surface area (Å²) in [5.74, 6) is -12.1. The van der Waals surface area contributed by atoms with Gasteiger partial charge < -0.3 is 77.8 Å². The number of hydrogen-bond donors (Lipinski definition) is 11. The fourth-order valence-electron chi connectivity index (χ4n) is 10.9. The number of carbonyl (C=O) groups is 13. The molecule has 0 fully saturated rings. The van der Waals surface area contributed by atoms with Gasteiger partial charge >= 0.3 is 24.1 Å². The number of fused-ring (bicyclic) bond motifs is 3. The van der Waals surface area contributed by atoms with Gasteiger partial charge in [-0.1, -0.05) is 90.1 Å². The van der Waals surface area contributed by atoms with E-state index in [4.69, 9.17) is 19.9 Å². The number of hydrogen-bond acceptors (Lipinski definition) is 21. The molecule has 574 valence electrons. The van der Waals surface area contributed by atoms with Gasteiger partial charge in [0.25, 0.3) is 11.6 Å². The van der Waals surface area contributed by atoms with E-state index in [2.05, 4.69) is 58.1 Å². The number of aliphatic carboxylic acids is 1. The number of benzene rings is 4. The number of non-ortho nitro benzene ring substituents is 1. The molecule has 0 saturated carbocycles. The van der Waals surface area contributed by atoms with Gasteiger partial charge in [-0.25, -0.2) is 14.4 Å². The van der Waals surface area contributed by atoms with Crippen molar-refractivity contribution in [2.75, 3.05) is 63.9 Å². The number of anilines is 1. The SMILES string of the molecule is CCN(CCN(CC(=O)N[C@H](C(=O)N[C@H](C(=O)N[C@@H](CCC(=O)OCC(=O)NCC[C@@H](NC(=O)OC(C)(C)C)C(=O)N[C@@H](C)C(=O)NCC(=O)NCC(N)=O)C(=O)N[C@@H](CC(C)C)C(=O)O)C(C)C)C(C)C)C(=O)OCC1c2ccccc2-c2ccccc21)c1ccc(N=Nc2ccc([N+](=O)[O-])cc2)cc1. The lowest BCUT2D eigenvalue weighted by Crippen LogP contribution is -2.60. The molecule has 0 radical (unpaired) electrons. The number of nitro groups is 1. The van der Waals surface area contributed by atoms with Gasteiger partial charge in [0.05, 0.1) is 29.4 Å². The van der Waals surface area contributed by atoms with Crippen LogP contribution >= 0.6 is 0 Å². The van der Waals surface area contributed by atoms with Crippen LogP contribution in [0.15, 0.2) is 107 Å². The standard InChI is InChI=1S/C72H97N15O19/c1-12-85(47-25-21-45(22-26-47)83-84-46-23-27-48(28-24-46)87(102)103)33-34-86(71(101)105-39-53-51-19-15-13-17-49(51)50-18-14-16-20-52(50)53)38-59(90)81-62(42(4)5)68(97)82-63(43(6)7)67(96)78-54(66(95)79-56(69(98)99)35-41(2)3)29-30-61(92)104-40-60(91)74-32-31-55(80-70(100)106-72(9,10)11)65(94)77-44(8)64(93)76-37-58(89)75-36-57(73)88/h13-28,41-44,53-56,62-63H,12,29-40H2,1-11H3,(H2,73,88)(H,74,91)(H,75,89)(H,76,93)(H,77,94)(H,78,96)(H,79,95)(H,80,100)(H,81,90)(H,82,97)(H,98,99)/t44-,54-,55+,56-,62-,63-/m0/s1. The second-order valence-electron chi connectivity index (χ2n) is 27.1. The third kappa shape index (κ3) is 27.9. The number of nitrogens with one attached hydrogen (secondary N) is 9. The molecule has 0 unspecified atom stereocenters. The Balaban J connectivity index is 1.26. The number of carbonyl (C=O) groups excluding carboxylic acids is 12. The van der Waals surface area contributed by atoms with Crippen LogP contribution in [0.4, 0.5) is 32.3 Å². The van der Waals surface area contributed by atoms with Crippen LogP contribution in [0.2, 0.25) is 0 Å². The molecule has 0 bridgehead atoms. The van der Waals surface area contributed by atoms with Crippen molar-refractivity contribution in [3.63, 3.8) is 0 Å². The minimum atomic E-state index is -1.65. The van der Waals surface area contributed by atoms with Gasteiger partial charge in [-0.2, -0.15) is 10.2 Å². The fraction of sp³-hybridized carbons (Fsp3) is 0.486. The Hall–Kier alpha value is -11.6. The lowest BCUT2D eigenvalue weighted by molar-refractivity contribution is -0.384. The third-order valence-electron chi connectivity index (χ3n) is 16.4. The van der Waals surface area contributed by atoms with E-state index in [1.807, 2.05) is 60.4 Å². The highest BCUT2D eigenvalue weighted by Crippen LogP contribution is 2.44. The molecule has 1 aliphatic rings. The van der Waals surface area contributed by atoms with Crippen molar-refractivity contribution in [3.05, 3.63) is 118 Å². The molecule has 0 saturated heterocycles. The van der Waals surface area contributed by atoms with E-state index in [9.17, 15) is 77.5 Å². The minimum absolute atomic E-state index is 0.0328. The lowest BCUT2D eigenvalue weighted by atomic mass is 9.98. The average molecular weight is 1480 g/mol. The van der Waals surface area contributed by atoms with Crippen LogP contribution in [0.3, 0.4) is 0 Å². The number of carboxylic acids is 1. The number of esters is 1. The minimum Gasteiger partial charge on any atom is -0.480 e. The summed E-state index contributed by atoms with van der Waals surface area (Å²) in [6.45, 7) is 15.4. The predicted octanol–water partition coefficient (Wildman–Crippen LogP) is 4.41. The van der Waals surface area contributed by atoms with Crippen molar-refractivity contribution in [2.45, 2.75) is 150 Å². The van der Waals surface area contributed by atoms with E-state index in [1.54, 1.807) is 86.6 Å². The average Bonchev–Trinajstić information content (AvgIpc) is 1.62. The zero-order valence-corrected chi connectivity index (χ0v) is 61.3. The largest absolute Gasteiger partial charge is 0.480 e. The maximum absolute atomic E-state index is 14.5. The first kappa shape index (κ1) is 85.0. The van der Waals surface area contributed by atoms with Crippen molar-refractivity contribution in [3.8, 4) is 11.1 Å². The van der Waals surface area contributed by atoms with Crippen LogP contribution in [0.5, 0.6) is 0 Å². The van der Waals surface area contributed by atoms with Crippen LogP contribution in [0.25, 0.3) is 11.1 Å². The number of primary amides is 1. The number of ether oxygens (including phenoxy) is 3. The van der Waals surface area contributed by atoms with Crippen molar-refractivity contribution in [2.24, 2.45) is 33.7 Å². The van der Waals surface area contributed by atoms with E-state index in [-0.39, 0.29) is 56.6 Å². The summed E-state index contributed by atoms with van der Waals surface area (Å²) in [6.07, 6.45) is -3.35. The molecule has 6 atom stereocenters. The Morgan fingerprint density at radius 2 is 1.15 bits per heavy atom. The molecular weight excluding hydrogens is 1380 g/mol. The molecule has 0 spiro atoms. The molecule has 0 aliphatic heterocycles. The predicted molar refractivity (Wildman–Crippen MR) is 387 cm³/mol. The van der Waals surface area contributed by atoms with Gasteiger partial charge in [0.1, 0.15) is 55.0 Å². The van der Waals surface area contributed by atoms with Crippen LogP contribution in [-0.2, 0) is 67.0 Å². The zero-order chi connectivity index (χ0) is 78.5. The van der Waals surface area contributed by atoms with E-state index in [1.165, 1.54) is 36.1 Å². The van der Waals surface area contributed by atoms with Crippen molar-refractivity contribution in [1.29, 1.82) is 0 Å². The molecule has 4 aromatic rings. The highest BCUT2D eigenvalue weighted by atomic mass is 16.6. The van der Waals surface area contributed by atoms with E-state index < -0.39 is 175 Å². The van der Waals surface area contributed by atoms with Gasteiger partial charge in [0.15, 0.2) is 6.61 Å². The number of nitrogens with zero attached hydrogens (tertiary/aromatic N) is 5.